The Morgan fingerprint density at radius 3 is 2.89 bits per heavy atom. The lowest BCUT2D eigenvalue weighted by Gasteiger charge is -2.29. The highest BCUT2D eigenvalue weighted by Gasteiger charge is 2.33. The molecule has 0 spiro atoms. The van der Waals surface area contributed by atoms with Crippen molar-refractivity contribution in [3.8, 4) is 5.75 Å². The van der Waals surface area contributed by atoms with E-state index in [0.29, 0.717) is 12.6 Å². The van der Waals surface area contributed by atoms with E-state index in [0.717, 1.165) is 37.1 Å². The minimum atomic E-state index is 0.0618. The number of rotatable bonds is 3. The van der Waals surface area contributed by atoms with E-state index in [9.17, 15) is 4.79 Å². The maximum atomic E-state index is 12.3. The zero-order valence-corrected chi connectivity index (χ0v) is 11.3. The zero-order chi connectivity index (χ0) is 13.2. The van der Waals surface area contributed by atoms with Crippen LogP contribution in [0.3, 0.4) is 0 Å². The van der Waals surface area contributed by atoms with Gasteiger partial charge in [-0.3, -0.25) is 0 Å². The average molecular weight is 260 g/mol. The van der Waals surface area contributed by atoms with Gasteiger partial charge in [-0.15, -0.1) is 0 Å². The van der Waals surface area contributed by atoms with E-state index >= 15 is 0 Å². The van der Waals surface area contributed by atoms with Gasteiger partial charge in [0.2, 0.25) is 0 Å². The molecule has 1 heterocycles. The molecular weight excluding hydrogens is 240 g/mol. The molecule has 1 N–H and O–H groups in total. The molecule has 1 saturated carbocycles. The molecule has 1 aliphatic carbocycles. The largest absolute Gasteiger partial charge is 0.493 e. The van der Waals surface area contributed by atoms with Gasteiger partial charge < -0.3 is 15.0 Å². The highest BCUT2D eigenvalue weighted by Crippen LogP contribution is 2.32. The lowest BCUT2D eigenvalue weighted by molar-refractivity contribution is 0.186. The van der Waals surface area contributed by atoms with Gasteiger partial charge in [0.15, 0.2) is 0 Å². The maximum Gasteiger partial charge on any atom is 0.318 e. The number of carbonyl (C=O) groups is 1. The average Bonchev–Trinajstić information content (AvgIpc) is 3.25. The summed E-state index contributed by atoms with van der Waals surface area (Å²) in [6, 6.07) is 8.55. The van der Waals surface area contributed by atoms with Gasteiger partial charge in [0.05, 0.1) is 12.6 Å². The number of benzene rings is 1. The monoisotopic (exact) mass is 260 g/mol. The highest BCUT2D eigenvalue weighted by molar-refractivity contribution is 5.75. The molecule has 1 aromatic rings. The molecule has 1 aromatic carbocycles. The number of carbonyl (C=O) groups excluding carboxylic acids is 1. The molecule has 1 aliphatic heterocycles. The number of hydrogen-bond acceptors (Lipinski definition) is 2. The molecule has 1 atom stereocenters. The summed E-state index contributed by atoms with van der Waals surface area (Å²) < 4.78 is 5.62. The number of nitrogens with one attached hydrogen (secondary N) is 1. The fraction of sp³-hybridized carbons (Fsp3) is 0.533. The number of amides is 2. The second-order valence-corrected chi connectivity index (χ2v) is 5.19. The molecule has 3 rings (SSSR count). The van der Waals surface area contributed by atoms with Gasteiger partial charge in [0, 0.05) is 24.6 Å². The van der Waals surface area contributed by atoms with E-state index in [1.807, 2.05) is 36.1 Å². The molecule has 4 heteroatoms. The summed E-state index contributed by atoms with van der Waals surface area (Å²) in [6.07, 6.45) is 3.13. The van der Waals surface area contributed by atoms with Crippen molar-refractivity contribution in [2.75, 3.05) is 13.2 Å². The van der Waals surface area contributed by atoms with Crippen LogP contribution < -0.4 is 10.1 Å². The molecule has 19 heavy (non-hydrogen) atoms. The Morgan fingerprint density at radius 1 is 1.37 bits per heavy atom. The predicted molar refractivity (Wildman–Crippen MR) is 73.2 cm³/mol. The van der Waals surface area contributed by atoms with E-state index in [2.05, 4.69) is 5.32 Å². The van der Waals surface area contributed by atoms with Gasteiger partial charge in [-0.05, 0) is 25.8 Å². The van der Waals surface area contributed by atoms with Gasteiger partial charge in [-0.1, -0.05) is 18.2 Å². The van der Waals surface area contributed by atoms with Gasteiger partial charge in [-0.2, -0.15) is 0 Å². The predicted octanol–water partition coefficient (Wildman–Crippen LogP) is 2.70. The first-order valence-corrected chi connectivity index (χ1v) is 7.08. The first kappa shape index (κ1) is 12.3. The first-order valence-electron chi connectivity index (χ1n) is 7.08. The molecule has 0 bridgehead atoms. The van der Waals surface area contributed by atoms with E-state index < -0.39 is 0 Å². The SMILES string of the molecule is CCN(C(=O)NC1CCOc2ccccc21)C1CC1. The van der Waals surface area contributed by atoms with Crippen LogP contribution in [-0.2, 0) is 0 Å². The topological polar surface area (TPSA) is 41.6 Å². The van der Waals surface area contributed by atoms with Crippen molar-refractivity contribution in [3.63, 3.8) is 0 Å². The molecule has 4 nitrogen and oxygen atoms in total. The van der Waals surface area contributed by atoms with Crippen LogP contribution in [0, 0.1) is 0 Å². The number of hydrogen-bond donors (Lipinski definition) is 1. The van der Waals surface area contributed by atoms with E-state index in [1.54, 1.807) is 0 Å². The maximum absolute atomic E-state index is 12.3. The van der Waals surface area contributed by atoms with Crippen molar-refractivity contribution in [2.45, 2.75) is 38.3 Å². The normalized spacial score (nSPS) is 21.2. The third kappa shape index (κ3) is 2.53. The molecule has 1 unspecified atom stereocenters. The van der Waals surface area contributed by atoms with Crippen LogP contribution in [-0.4, -0.2) is 30.1 Å². The number of urea groups is 1. The fourth-order valence-corrected chi connectivity index (χ4v) is 2.68. The van der Waals surface area contributed by atoms with Crippen molar-refractivity contribution >= 4 is 6.03 Å². The number of fused-ring (bicyclic) bond motifs is 1. The Hall–Kier alpha value is -1.71. The summed E-state index contributed by atoms with van der Waals surface area (Å²) in [6.45, 7) is 3.48. The second kappa shape index (κ2) is 5.11. The highest BCUT2D eigenvalue weighted by atomic mass is 16.5. The minimum Gasteiger partial charge on any atom is -0.493 e. The second-order valence-electron chi connectivity index (χ2n) is 5.19. The van der Waals surface area contributed by atoms with Crippen LogP contribution >= 0.6 is 0 Å². The minimum absolute atomic E-state index is 0.0618. The van der Waals surface area contributed by atoms with Crippen LogP contribution in [0.4, 0.5) is 4.79 Å². The Morgan fingerprint density at radius 2 is 2.16 bits per heavy atom. The smallest absolute Gasteiger partial charge is 0.318 e. The van der Waals surface area contributed by atoms with Crippen molar-refractivity contribution in [1.82, 2.24) is 10.2 Å². The van der Waals surface area contributed by atoms with Crippen LogP contribution in [0.1, 0.15) is 37.8 Å². The molecule has 102 valence electrons. The Bertz CT molecular complexity index is 471. The lowest BCUT2D eigenvalue weighted by atomic mass is 10.0. The summed E-state index contributed by atoms with van der Waals surface area (Å²) in [5.74, 6) is 0.897. The van der Waals surface area contributed by atoms with E-state index in [4.69, 9.17) is 4.74 Å². The first-order chi connectivity index (χ1) is 9.29. The molecule has 2 amide bonds. The van der Waals surface area contributed by atoms with Crippen molar-refractivity contribution < 1.29 is 9.53 Å². The summed E-state index contributed by atoms with van der Waals surface area (Å²) >= 11 is 0. The van der Waals surface area contributed by atoms with Crippen LogP contribution in [0.25, 0.3) is 0 Å². The standard InChI is InChI=1S/C15H20N2O2/c1-2-17(11-7-8-11)15(18)16-13-9-10-19-14-6-4-3-5-12(13)14/h3-6,11,13H,2,7-10H2,1H3,(H,16,18). The Kier molecular flexibility index (Phi) is 3.32. The molecular formula is C15H20N2O2. The van der Waals surface area contributed by atoms with Gasteiger partial charge in [0.1, 0.15) is 5.75 Å². The van der Waals surface area contributed by atoms with Crippen molar-refractivity contribution in [2.24, 2.45) is 0 Å². The summed E-state index contributed by atoms with van der Waals surface area (Å²) in [7, 11) is 0. The number of nitrogens with zero attached hydrogens (tertiary/aromatic N) is 1. The van der Waals surface area contributed by atoms with Crippen LogP contribution in [0.2, 0.25) is 0 Å². The van der Waals surface area contributed by atoms with Crippen molar-refractivity contribution in [1.29, 1.82) is 0 Å². The number of para-hydroxylation sites is 1. The molecule has 0 radical (unpaired) electrons. The van der Waals surface area contributed by atoms with Crippen LogP contribution in [0.5, 0.6) is 5.75 Å². The van der Waals surface area contributed by atoms with Crippen molar-refractivity contribution in [3.05, 3.63) is 29.8 Å². The van der Waals surface area contributed by atoms with Crippen LogP contribution in [0.15, 0.2) is 24.3 Å². The van der Waals surface area contributed by atoms with Gasteiger partial charge in [0.25, 0.3) is 0 Å². The molecule has 1 fully saturated rings. The summed E-state index contributed by atoms with van der Waals surface area (Å²) in [5, 5.41) is 3.15. The van der Waals surface area contributed by atoms with E-state index in [-0.39, 0.29) is 12.1 Å². The zero-order valence-electron chi connectivity index (χ0n) is 11.3. The Balaban J connectivity index is 1.72. The Labute approximate surface area is 113 Å². The summed E-state index contributed by atoms with van der Waals surface area (Å²) in [4.78, 5) is 14.3. The molecule has 0 saturated heterocycles. The van der Waals surface area contributed by atoms with E-state index in [1.165, 1.54) is 0 Å². The summed E-state index contributed by atoms with van der Waals surface area (Å²) in [5.41, 5.74) is 1.09. The molecule has 2 aliphatic rings. The van der Waals surface area contributed by atoms with Gasteiger partial charge in [-0.25, -0.2) is 4.79 Å². The quantitative estimate of drug-likeness (QED) is 0.908. The molecule has 0 aromatic heterocycles. The fourth-order valence-electron chi connectivity index (χ4n) is 2.68. The lowest BCUT2D eigenvalue weighted by Crippen LogP contribution is -2.43. The van der Waals surface area contributed by atoms with Gasteiger partial charge >= 0.3 is 6.03 Å². The third-order valence-electron chi connectivity index (χ3n) is 3.85. The number of ether oxygens (including phenoxy) is 1. The third-order valence-corrected chi connectivity index (χ3v) is 3.85.